The van der Waals surface area contributed by atoms with Crippen molar-refractivity contribution in [1.82, 2.24) is 15.5 Å². The highest BCUT2D eigenvalue weighted by molar-refractivity contribution is 5.91. The van der Waals surface area contributed by atoms with Gasteiger partial charge in [-0.15, -0.1) is 0 Å². The number of ether oxygens (including phenoxy) is 1. The molecule has 1 aliphatic carbocycles. The second kappa shape index (κ2) is 10.5. The van der Waals surface area contributed by atoms with E-state index in [9.17, 15) is 19.5 Å². The van der Waals surface area contributed by atoms with Crippen LogP contribution in [0.2, 0.25) is 0 Å². The van der Waals surface area contributed by atoms with Crippen LogP contribution < -0.4 is 10.6 Å². The van der Waals surface area contributed by atoms with Crippen molar-refractivity contribution in [3.8, 4) is 5.75 Å². The fourth-order valence-corrected chi connectivity index (χ4v) is 3.42. The third-order valence-corrected chi connectivity index (χ3v) is 4.83. The molecule has 2 rings (SSSR count). The Bertz CT molecular complexity index is 786. The molecule has 0 bridgehead atoms. The highest BCUT2D eigenvalue weighted by Crippen LogP contribution is 2.35. The molecular weight excluding hydrogens is 398 g/mol. The lowest BCUT2D eigenvalue weighted by molar-refractivity contribution is -0.141. The number of amides is 3. The van der Waals surface area contributed by atoms with Gasteiger partial charge in [0.1, 0.15) is 23.9 Å². The Labute approximate surface area is 184 Å². The molecule has 8 heteroatoms. The number of phenolic OH excluding ortho intramolecular Hbond substituents is 1. The van der Waals surface area contributed by atoms with Crippen LogP contribution in [-0.4, -0.2) is 52.1 Å². The lowest BCUT2D eigenvalue weighted by atomic mass is 10.0. The van der Waals surface area contributed by atoms with E-state index in [1.54, 1.807) is 32.9 Å². The van der Waals surface area contributed by atoms with Gasteiger partial charge in [0, 0.05) is 12.1 Å². The van der Waals surface area contributed by atoms with Gasteiger partial charge < -0.3 is 25.4 Å². The minimum absolute atomic E-state index is 0.0204. The lowest BCUT2D eigenvalue weighted by Crippen LogP contribution is -2.50. The first-order chi connectivity index (χ1) is 14.5. The minimum atomic E-state index is -0.896. The predicted octanol–water partition coefficient (Wildman–Crippen LogP) is 3.25. The summed E-state index contributed by atoms with van der Waals surface area (Å²) in [7, 11) is 0. The van der Waals surface area contributed by atoms with E-state index in [1.165, 1.54) is 17.0 Å². The molecule has 0 spiro atoms. The molecule has 1 aliphatic rings. The van der Waals surface area contributed by atoms with Gasteiger partial charge in [0.25, 0.3) is 0 Å². The van der Waals surface area contributed by atoms with E-state index in [0.717, 1.165) is 25.7 Å². The van der Waals surface area contributed by atoms with Crippen molar-refractivity contribution in [3.63, 3.8) is 0 Å². The van der Waals surface area contributed by atoms with Crippen LogP contribution in [0.15, 0.2) is 24.3 Å². The van der Waals surface area contributed by atoms with E-state index >= 15 is 0 Å². The van der Waals surface area contributed by atoms with E-state index in [-0.39, 0.29) is 36.2 Å². The molecule has 0 heterocycles. The molecular formula is C23H35N3O5. The maximum Gasteiger partial charge on any atom is 0.408 e. The molecule has 1 aromatic rings. The summed E-state index contributed by atoms with van der Waals surface area (Å²) in [5.41, 5.74) is -0.151. The van der Waals surface area contributed by atoms with Crippen LogP contribution in [0.5, 0.6) is 5.75 Å². The summed E-state index contributed by atoms with van der Waals surface area (Å²) in [5, 5.41) is 15.4. The van der Waals surface area contributed by atoms with Gasteiger partial charge in [-0.2, -0.15) is 0 Å². The third-order valence-electron chi connectivity index (χ3n) is 4.83. The van der Waals surface area contributed by atoms with Crippen LogP contribution >= 0.6 is 0 Å². The molecule has 31 heavy (non-hydrogen) atoms. The Morgan fingerprint density at radius 2 is 1.94 bits per heavy atom. The first-order valence-corrected chi connectivity index (χ1v) is 10.9. The number of nitrogens with one attached hydrogen (secondary N) is 2. The highest BCUT2D eigenvalue weighted by Gasteiger charge is 2.41. The molecule has 0 aromatic heterocycles. The Balaban J connectivity index is 2.24. The Morgan fingerprint density at radius 3 is 2.48 bits per heavy atom. The fraction of sp³-hybridized carbons (Fsp3) is 0.609. The van der Waals surface area contributed by atoms with Gasteiger partial charge >= 0.3 is 6.09 Å². The van der Waals surface area contributed by atoms with Gasteiger partial charge in [-0.3, -0.25) is 9.59 Å². The standard InChI is InChI=1S/C23H35N3O5/c1-6-8-15(2)25-21(29)20(16-9-7-10-18(27)13-16)26(17-11-12-17)19(28)14-24-22(30)31-23(3,4)5/h7,9-10,13,15,17,20,27H,6,8,11-12,14H2,1-5H3,(H,24,30)(H,25,29). The van der Waals surface area contributed by atoms with Crippen LogP contribution in [0, 0.1) is 0 Å². The van der Waals surface area contributed by atoms with Crippen LogP contribution in [0.25, 0.3) is 0 Å². The van der Waals surface area contributed by atoms with Crippen molar-refractivity contribution in [2.75, 3.05) is 6.54 Å². The maximum absolute atomic E-state index is 13.2. The maximum atomic E-state index is 13.2. The number of aromatic hydroxyl groups is 1. The summed E-state index contributed by atoms with van der Waals surface area (Å²) in [6.45, 7) is 8.91. The fourth-order valence-electron chi connectivity index (χ4n) is 3.42. The molecule has 0 aliphatic heterocycles. The molecule has 8 nitrogen and oxygen atoms in total. The van der Waals surface area contributed by atoms with Crippen LogP contribution in [-0.2, 0) is 14.3 Å². The monoisotopic (exact) mass is 433 g/mol. The predicted molar refractivity (Wildman–Crippen MR) is 117 cm³/mol. The molecule has 0 radical (unpaired) electrons. The van der Waals surface area contributed by atoms with Crippen LogP contribution in [0.4, 0.5) is 4.79 Å². The SMILES string of the molecule is CCCC(C)NC(=O)C(c1cccc(O)c1)N(C(=O)CNC(=O)OC(C)(C)C)C1CC1. The molecule has 1 saturated carbocycles. The number of hydrogen-bond donors (Lipinski definition) is 3. The van der Waals surface area contributed by atoms with Crippen molar-refractivity contribution in [1.29, 1.82) is 0 Å². The molecule has 1 fully saturated rings. The van der Waals surface area contributed by atoms with E-state index in [2.05, 4.69) is 10.6 Å². The van der Waals surface area contributed by atoms with Crippen LogP contribution in [0.3, 0.4) is 0 Å². The van der Waals surface area contributed by atoms with Crippen molar-refractivity contribution in [2.24, 2.45) is 0 Å². The van der Waals surface area contributed by atoms with Gasteiger partial charge in [0.05, 0.1) is 0 Å². The number of carbonyl (C=O) groups excluding carboxylic acids is 3. The zero-order valence-corrected chi connectivity index (χ0v) is 19.1. The second-order valence-corrected chi connectivity index (χ2v) is 9.08. The first-order valence-electron chi connectivity index (χ1n) is 10.9. The van der Waals surface area contributed by atoms with Gasteiger partial charge in [-0.05, 0) is 64.7 Å². The smallest absolute Gasteiger partial charge is 0.408 e. The lowest BCUT2D eigenvalue weighted by Gasteiger charge is -2.32. The number of rotatable bonds is 9. The number of phenols is 1. The van der Waals surface area contributed by atoms with Gasteiger partial charge in [0.2, 0.25) is 11.8 Å². The number of nitrogens with zero attached hydrogens (tertiary/aromatic N) is 1. The Kier molecular flexibility index (Phi) is 8.30. The number of hydrogen-bond acceptors (Lipinski definition) is 5. The van der Waals surface area contributed by atoms with Crippen molar-refractivity contribution >= 4 is 17.9 Å². The average molecular weight is 434 g/mol. The molecule has 0 saturated heterocycles. The summed E-state index contributed by atoms with van der Waals surface area (Å²) >= 11 is 0. The summed E-state index contributed by atoms with van der Waals surface area (Å²) in [6, 6.07) is 5.35. The average Bonchev–Trinajstić information content (AvgIpc) is 3.47. The molecule has 2 unspecified atom stereocenters. The van der Waals surface area contributed by atoms with Crippen molar-refractivity contribution in [2.45, 2.75) is 84.0 Å². The quantitative estimate of drug-likeness (QED) is 0.554. The molecule has 1 aromatic carbocycles. The third kappa shape index (κ3) is 7.77. The molecule has 3 N–H and O–H groups in total. The molecule has 2 atom stereocenters. The zero-order chi connectivity index (χ0) is 23.2. The van der Waals surface area contributed by atoms with Crippen molar-refractivity contribution < 1.29 is 24.2 Å². The van der Waals surface area contributed by atoms with E-state index in [4.69, 9.17) is 4.74 Å². The van der Waals surface area contributed by atoms with Crippen molar-refractivity contribution in [3.05, 3.63) is 29.8 Å². The number of carbonyl (C=O) groups is 3. The summed E-state index contributed by atoms with van der Waals surface area (Å²) in [4.78, 5) is 39.9. The molecule has 3 amide bonds. The molecule has 172 valence electrons. The largest absolute Gasteiger partial charge is 0.508 e. The van der Waals surface area contributed by atoms with E-state index in [1.807, 2.05) is 13.8 Å². The van der Waals surface area contributed by atoms with Crippen LogP contribution in [0.1, 0.15) is 71.9 Å². The summed E-state index contributed by atoms with van der Waals surface area (Å²) < 4.78 is 5.20. The Morgan fingerprint density at radius 1 is 1.26 bits per heavy atom. The summed E-state index contributed by atoms with van der Waals surface area (Å²) in [5.74, 6) is -0.656. The highest BCUT2D eigenvalue weighted by atomic mass is 16.6. The van der Waals surface area contributed by atoms with E-state index < -0.39 is 17.7 Å². The normalized spacial score (nSPS) is 15.5. The zero-order valence-electron chi connectivity index (χ0n) is 19.1. The van der Waals surface area contributed by atoms with Gasteiger partial charge in [0.15, 0.2) is 0 Å². The second-order valence-electron chi connectivity index (χ2n) is 9.08. The Hall–Kier alpha value is -2.77. The number of alkyl carbamates (subject to hydrolysis) is 1. The minimum Gasteiger partial charge on any atom is -0.508 e. The topological polar surface area (TPSA) is 108 Å². The van der Waals surface area contributed by atoms with Gasteiger partial charge in [-0.25, -0.2) is 4.79 Å². The number of benzene rings is 1. The summed E-state index contributed by atoms with van der Waals surface area (Å²) in [6.07, 6.45) is 2.61. The first kappa shape index (κ1) is 24.5. The van der Waals surface area contributed by atoms with Gasteiger partial charge in [-0.1, -0.05) is 25.5 Å². The van der Waals surface area contributed by atoms with E-state index in [0.29, 0.717) is 5.56 Å².